The van der Waals surface area contributed by atoms with Crippen LogP contribution in [0.4, 0.5) is 0 Å². The average molecular weight is 275 g/mol. The van der Waals surface area contributed by atoms with Gasteiger partial charge >= 0.3 is 7.82 Å². The fraction of sp³-hybridized carbons (Fsp3) is 1.00. The zero-order valence-corrected chi connectivity index (χ0v) is 9.34. The normalized spacial score (nSPS) is 43.7. The Bertz CT molecular complexity index is 317. The number of hydrogen-bond donors (Lipinski definition) is 7. The van der Waals surface area contributed by atoms with Crippen molar-refractivity contribution in [3.05, 3.63) is 0 Å². The number of rotatable bonds is 3. The van der Waals surface area contributed by atoms with Crippen molar-refractivity contribution in [1.29, 1.82) is 0 Å². The first-order valence-corrected chi connectivity index (χ1v) is 6.01. The molecule has 0 bridgehead atoms. The number of aliphatic hydroxyl groups excluding tert-OH is 3. The number of hydrogen-bond acceptors (Lipinski definition) is 8. The van der Waals surface area contributed by atoms with E-state index in [0.29, 0.717) is 0 Å². The highest BCUT2D eigenvalue weighted by Gasteiger charge is 2.57. The lowest BCUT2D eigenvalue weighted by molar-refractivity contribution is -0.350. The molecule has 0 saturated carbocycles. The molecule has 5 atom stereocenters. The smallest absolute Gasteiger partial charge is 0.393 e. The Morgan fingerprint density at radius 1 is 1.41 bits per heavy atom. The Kier molecular flexibility index (Phi) is 4.27. The number of ether oxygens (including phenoxy) is 1. The van der Waals surface area contributed by atoms with Gasteiger partial charge in [0.05, 0.1) is 12.6 Å². The van der Waals surface area contributed by atoms with Crippen LogP contribution < -0.4 is 5.73 Å². The van der Waals surface area contributed by atoms with Crippen LogP contribution in [0.1, 0.15) is 0 Å². The molecule has 0 spiro atoms. The summed E-state index contributed by atoms with van der Waals surface area (Å²) in [5.74, 6) is -2.92. The molecule has 0 amide bonds. The predicted molar refractivity (Wildman–Crippen MR) is 50.0 cm³/mol. The number of aliphatic hydroxyl groups is 4. The van der Waals surface area contributed by atoms with Gasteiger partial charge in [-0.05, 0) is 0 Å². The molecule has 0 aliphatic carbocycles. The Labute approximate surface area is 95.4 Å². The molecule has 0 radical (unpaired) electrons. The second kappa shape index (κ2) is 4.86. The van der Waals surface area contributed by atoms with Crippen LogP contribution in [0.15, 0.2) is 0 Å². The van der Waals surface area contributed by atoms with Crippen LogP contribution in [0.5, 0.6) is 0 Å². The van der Waals surface area contributed by atoms with Gasteiger partial charge in [-0.25, -0.2) is 9.09 Å². The number of phosphoric ester groups is 1. The second-order valence-electron chi connectivity index (χ2n) is 3.55. The van der Waals surface area contributed by atoms with Crippen LogP contribution in [0.25, 0.3) is 0 Å². The third kappa shape index (κ3) is 3.01. The first-order valence-electron chi connectivity index (χ1n) is 4.48. The molecule has 1 saturated heterocycles. The molecule has 1 aliphatic rings. The third-order valence-electron chi connectivity index (χ3n) is 2.31. The first-order chi connectivity index (χ1) is 7.62. The van der Waals surface area contributed by atoms with Crippen LogP contribution in [0.2, 0.25) is 0 Å². The van der Waals surface area contributed by atoms with Gasteiger partial charge in [-0.1, -0.05) is 0 Å². The van der Waals surface area contributed by atoms with E-state index < -0.39 is 44.8 Å². The SMILES string of the molecule is N[C@H]1[C@H](O)O[C@H](CO)[C@](O)(OP(=O)(O)O)[C@@H]1O. The summed E-state index contributed by atoms with van der Waals surface area (Å²) in [6, 6.07) is -1.56. The first kappa shape index (κ1) is 14.9. The predicted octanol–water partition coefficient (Wildman–Crippen LogP) is -3.82. The fourth-order valence-electron chi connectivity index (χ4n) is 1.46. The van der Waals surface area contributed by atoms with Crippen molar-refractivity contribution in [3.8, 4) is 0 Å². The maximum absolute atomic E-state index is 10.7. The van der Waals surface area contributed by atoms with Gasteiger partial charge in [-0.15, -0.1) is 0 Å². The van der Waals surface area contributed by atoms with Gasteiger partial charge in [0.2, 0.25) is 5.79 Å². The highest BCUT2D eigenvalue weighted by Crippen LogP contribution is 2.45. The van der Waals surface area contributed by atoms with E-state index in [2.05, 4.69) is 9.26 Å². The molecule has 1 aliphatic heterocycles. The largest absolute Gasteiger partial charge is 0.472 e. The monoisotopic (exact) mass is 275 g/mol. The highest BCUT2D eigenvalue weighted by molar-refractivity contribution is 7.46. The average Bonchev–Trinajstić information content (AvgIpc) is 2.18. The van der Waals surface area contributed by atoms with Gasteiger partial charge in [0.15, 0.2) is 6.29 Å². The van der Waals surface area contributed by atoms with Crippen LogP contribution in [-0.4, -0.2) is 67.1 Å². The van der Waals surface area contributed by atoms with Crippen LogP contribution in [0.3, 0.4) is 0 Å². The Morgan fingerprint density at radius 3 is 2.35 bits per heavy atom. The lowest BCUT2D eigenvalue weighted by Gasteiger charge is -2.45. The molecule has 1 rings (SSSR count). The number of nitrogens with two attached hydrogens (primary N) is 1. The van der Waals surface area contributed by atoms with Crippen molar-refractivity contribution in [2.45, 2.75) is 30.3 Å². The summed E-state index contributed by atoms with van der Waals surface area (Å²) in [6.45, 7) is -0.961. The van der Waals surface area contributed by atoms with Gasteiger partial charge in [-0.3, -0.25) is 0 Å². The molecular weight excluding hydrogens is 261 g/mol. The van der Waals surface area contributed by atoms with Gasteiger partial charge in [-0.2, -0.15) is 0 Å². The molecule has 1 heterocycles. The van der Waals surface area contributed by atoms with E-state index in [1.54, 1.807) is 0 Å². The van der Waals surface area contributed by atoms with E-state index in [9.17, 15) is 19.9 Å². The minimum Gasteiger partial charge on any atom is -0.393 e. The second-order valence-corrected chi connectivity index (χ2v) is 4.72. The van der Waals surface area contributed by atoms with E-state index in [0.717, 1.165) is 0 Å². The van der Waals surface area contributed by atoms with E-state index in [-0.39, 0.29) is 0 Å². The number of phosphoric acid groups is 1. The van der Waals surface area contributed by atoms with E-state index >= 15 is 0 Å². The molecule has 102 valence electrons. The molecule has 0 aromatic rings. The lowest BCUT2D eigenvalue weighted by Crippen LogP contribution is -2.69. The third-order valence-corrected chi connectivity index (χ3v) is 2.84. The van der Waals surface area contributed by atoms with E-state index in [4.69, 9.17) is 20.6 Å². The molecule has 1 fully saturated rings. The lowest BCUT2D eigenvalue weighted by atomic mass is 9.94. The maximum atomic E-state index is 10.7. The Morgan fingerprint density at radius 2 is 1.94 bits per heavy atom. The summed E-state index contributed by atoms with van der Waals surface area (Å²) in [6.07, 6.45) is -5.54. The maximum Gasteiger partial charge on any atom is 0.472 e. The van der Waals surface area contributed by atoms with E-state index in [1.165, 1.54) is 0 Å². The van der Waals surface area contributed by atoms with E-state index in [1.807, 2.05) is 0 Å². The molecular formula is C6H14NO9P. The van der Waals surface area contributed by atoms with Crippen molar-refractivity contribution < 1.29 is 44.0 Å². The van der Waals surface area contributed by atoms with Crippen molar-refractivity contribution in [1.82, 2.24) is 0 Å². The molecule has 8 N–H and O–H groups in total. The molecule has 0 aromatic heterocycles. The fourth-order valence-corrected chi connectivity index (χ4v) is 2.06. The highest BCUT2D eigenvalue weighted by atomic mass is 31.2. The molecule has 11 heteroatoms. The van der Waals surface area contributed by atoms with Crippen LogP contribution in [-0.2, 0) is 13.8 Å². The van der Waals surface area contributed by atoms with Gasteiger partial charge in [0.25, 0.3) is 0 Å². The zero-order chi connectivity index (χ0) is 13.4. The quantitative estimate of drug-likeness (QED) is 0.199. The Balaban J connectivity index is 3.02. The summed E-state index contributed by atoms with van der Waals surface area (Å²) in [4.78, 5) is 17.2. The minimum absolute atomic E-state index is 0.961. The molecule has 17 heavy (non-hydrogen) atoms. The molecule has 0 aromatic carbocycles. The van der Waals surface area contributed by atoms with Crippen molar-refractivity contribution in [2.24, 2.45) is 5.73 Å². The summed E-state index contributed by atoms with van der Waals surface area (Å²) < 4.78 is 19.2. The Hall–Kier alpha value is -0.130. The van der Waals surface area contributed by atoms with Gasteiger partial charge in [0, 0.05) is 0 Å². The standard InChI is InChI=1S/C6H14NO9P/c7-3-4(9)6(11,16-17(12,13)14)2(1-8)15-5(3)10/h2-5,8-11H,1,7H2,(H2,12,13,14)/t2-,3-,4-,5-,6+/m1/s1. The van der Waals surface area contributed by atoms with Crippen LogP contribution in [0, 0.1) is 0 Å². The topological polar surface area (TPSA) is 183 Å². The minimum atomic E-state index is -5.17. The van der Waals surface area contributed by atoms with Crippen molar-refractivity contribution in [2.75, 3.05) is 6.61 Å². The van der Waals surface area contributed by atoms with Crippen LogP contribution >= 0.6 is 7.82 Å². The summed E-state index contributed by atoms with van der Waals surface area (Å²) in [5.41, 5.74) is 5.23. The zero-order valence-electron chi connectivity index (χ0n) is 8.45. The summed E-state index contributed by atoms with van der Waals surface area (Å²) >= 11 is 0. The summed E-state index contributed by atoms with van der Waals surface area (Å²) in [5, 5.41) is 37.4. The van der Waals surface area contributed by atoms with Gasteiger partial charge < -0.3 is 40.7 Å². The van der Waals surface area contributed by atoms with Crippen molar-refractivity contribution in [3.63, 3.8) is 0 Å². The molecule has 10 nitrogen and oxygen atoms in total. The molecule has 0 unspecified atom stereocenters. The summed E-state index contributed by atoms with van der Waals surface area (Å²) in [7, 11) is -5.17. The van der Waals surface area contributed by atoms with Crippen molar-refractivity contribution >= 4 is 7.82 Å². The van der Waals surface area contributed by atoms with Gasteiger partial charge in [0.1, 0.15) is 12.2 Å².